The van der Waals surface area contributed by atoms with Gasteiger partial charge in [0.2, 0.25) is 0 Å². The second-order valence-corrected chi connectivity index (χ2v) is 6.27. The van der Waals surface area contributed by atoms with Gasteiger partial charge in [-0.25, -0.2) is 0 Å². The first-order valence-corrected chi connectivity index (χ1v) is 7.00. The van der Waals surface area contributed by atoms with Crippen LogP contribution in [0.25, 0.3) is 0 Å². The van der Waals surface area contributed by atoms with E-state index in [2.05, 4.69) is 0 Å². The van der Waals surface area contributed by atoms with Gasteiger partial charge in [0.15, 0.2) is 0 Å². The summed E-state index contributed by atoms with van der Waals surface area (Å²) in [7, 11) is 0. The zero-order valence-electron chi connectivity index (χ0n) is 12.3. The molecular formula is C15H26O3. The lowest BCUT2D eigenvalue weighted by Gasteiger charge is -2.36. The molecule has 0 spiro atoms. The van der Waals surface area contributed by atoms with Crippen LogP contribution >= 0.6 is 0 Å². The highest BCUT2D eigenvalue weighted by Crippen LogP contribution is 2.38. The van der Waals surface area contributed by atoms with Crippen molar-refractivity contribution < 1.29 is 14.3 Å². The summed E-state index contributed by atoms with van der Waals surface area (Å²) in [5.74, 6) is 0.339. The molecule has 1 aliphatic rings. The van der Waals surface area contributed by atoms with Crippen molar-refractivity contribution in [2.24, 2.45) is 11.3 Å². The predicted octanol–water partition coefficient (Wildman–Crippen LogP) is 3.50. The Balaban J connectivity index is 2.77. The first kappa shape index (κ1) is 15.2. The third-order valence-corrected chi connectivity index (χ3v) is 4.57. The summed E-state index contributed by atoms with van der Waals surface area (Å²) in [4.78, 5) is 23.6. The van der Waals surface area contributed by atoms with Crippen molar-refractivity contribution in [1.29, 1.82) is 0 Å². The normalized spacial score (nSPS) is 23.8. The van der Waals surface area contributed by atoms with Crippen LogP contribution in [0.4, 0.5) is 0 Å². The van der Waals surface area contributed by atoms with Gasteiger partial charge in [-0.05, 0) is 40.0 Å². The van der Waals surface area contributed by atoms with E-state index in [9.17, 15) is 9.59 Å². The lowest BCUT2D eigenvalue weighted by molar-refractivity contribution is -0.175. The van der Waals surface area contributed by atoms with Gasteiger partial charge in [-0.15, -0.1) is 0 Å². The van der Waals surface area contributed by atoms with Crippen LogP contribution in [-0.2, 0) is 14.3 Å². The lowest BCUT2D eigenvalue weighted by atomic mass is 9.84. The van der Waals surface area contributed by atoms with Gasteiger partial charge in [0, 0.05) is 18.8 Å². The number of esters is 1. The molecule has 1 saturated carbocycles. The summed E-state index contributed by atoms with van der Waals surface area (Å²) in [6.45, 7) is 9.80. The molecular weight excluding hydrogens is 228 g/mol. The standard InChI is InChI=1S/C15H26O3/c1-6-14(3,4)13(17)18-15(5,7-2)11-8-9-12(16)10-11/h11H,6-10H2,1-5H3. The number of hydrogen-bond acceptors (Lipinski definition) is 3. The summed E-state index contributed by atoms with van der Waals surface area (Å²) in [5, 5.41) is 0. The highest BCUT2D eigenvalue weighted by Gasteiger charge is 2.42. The van der Waals surface area contributed by atoms with E-state index < -0.39 is 11.0 Å². The quantitative estimate of drug-likeness (QED) is 0.705. The van der Waals surface area contributed by atoms with E-state index in [1.165, 1.54) is 0 Å². The van der Waals surface area contributed by atoms with E-state index in [-0.39, 0.29) is 11.9 Å². The number of rotatable bonds is 5. The Morgan fingerprint density at radius 3 is 2.28 bits per heavy atom. The molecule has 0 aromatic rings. The van der Waals surface area contributed by atoms with Crippen molar-refractivity contribution in [2.45, 2.75) is 72.3 Å². The number of ketones is 1. The van der Waals surface area contributed by atoms with Crippen molar-refractivity contribution in [3.63, 3.8) is 0 Å². The maximum absolute atomic E-state index is 12.2. The smallest absolute Gasteiger partial charge is 0.312 e. The van der Waals surface area contributed by atoms with E-state index in [1.807, 2.05) is 34.6 Å². The first-order chi connectivity index (χ1) is 8.25. The summed E-state index contributed by atoms with van der Waals surface area (Å²) in [6.07, 6.45) is 3.56. The monoisotopic (exact) mass is 254 g/mol. The van der Waals surface area contributed by atoms with Gasteiger partial charge in [0.1, 0.15) is 11.4 Å². The molecule has 3 nitrogen and oxygen atoms in total. The molecule has 1 rings (SSSR count). The number of ether oxygens (including phenoxy) is 1. The van der Waals surface area contributed by atoms with Crippen LogP contribution < -0.4 is 0 Å². The van der Waals surface area contributed by atoms with Gasteiger partial charge in [-0.1, -0.05) is 13.8 Å². The van der Waals surface area contributed by atoms with Crippen molar-refractivity contribution in [3.05, 3.63) is 0 Å². The van der Waals surface area contributed by atoms with Crippen LogP contribution in [0.5, 0.6) is 0 Å². The van der Waals surface area contributed by atoms with Crippen molar-refractivity contribution >= 4 is 11.8 Å². The fourth-order valence-corrected chi connectivity index (χ4v) is 2.27. The van der Waals surface area contributed by atoms with Gasteiger partial charge in [0.25, 0.3) is 0 Å². The zero-order valence-corrected chi connectivity index (χ0v) is 12.3. The maximum atomic E-state index is 12.2. The number of carbonyl (C=O) groups is 2. The van der Waals surface area contributed by atoms with E-state index in [0.29, 0.717) is 18.6 Å². The Labute approximate surface area is 110 Å². The summed E-state index contributed by atoms with van der Waals surface area (Å²) >= 11 is 0. The van der Waals surface area contributed by atoms with Crippen molar-refractivity contribution in [1.82, 2.24) is 0 Å². The second-order valence-electron chi connectivity index (χ2n) is 6.27. The Hall–Kier alpha value is -0.860. The summed E-state index contributed by atoms with van der Waals surface area (Å²) in [6, 6.07) is 0. The molecule has 1 aliphatic carbocycles. The molecule has 0 radical (unpaired) electrons. The van der Waals surface area contributed by atoms with E-state index >= 15 is 0 Å². The SMILES string of the molecule is CCC(C)(C)C(=O)OC(C)(CC)C1CCC(=O)C1. The van der Waals surface area contributed by atoms with Crippen LogP contribution in [0, 0.1) is 11.3 Å². The lowest BCUT2D eigenvalue weighted by Crippen LogP contribution is -2.42. The number of carbonyl (C=O) groups excluding carboxylic acids is 2. The Bertz CT molecular complexity index is 333. The fraction of sp³-hybridized carbons (Fsp3) is 0.867. The van der Waals surface area contributed by atoms with Crippen LogP contribution in [-0.4, -0.2) is 17.4 Å². The Morgan fingerprint density at radius 1 is 1.28 bits per heavy atom. The molecule has 0 aromatic heterocycles. The minimum Gasteiger partial charge on any atom is -0.459 e. The molecule has 3 heteroatoms. The molecule has 104 valence electrons. The van der Waals surface area contributed by atoms with Crippen LogP contribution in [0.1, 0.15) is 66.7 Å². The third kappa shape index (κ3) is 3.12. The highest BCUT2D eigenvalue weighted by molar-refractivity contribution is 5.81. The average molecular weight is 254 g/mol. The van der Waals surface area contributed by atoms with Gasteiger partial charge < -0.3 is 4.74 Å². The Kier molecular flexibility index (Phi) is 4.57. The molecule has 0 aromatic carbocycles. The molecule has 2 atom stereocenters. The van der Waals surface area contributed by atoms with Crippen LogP contribution in [0.3, 0.4) is 0 Å². The summed E-state index contributed by atoms with van der Waals surface area (Å²) in [5.41, 5.74) is -0.936. The average Bonchev–Trinajstić information content (AvgIpc) is 2.76. The zero-order chi connectivity index (χ0) is 14.0. The highest BCUT2D eigenvalue weighted by atomic mass is 16.6. The van der Waals surface area contributed by atoms with E-state index in [4.69, 9.17) is 4.74 Å². The Morgan fingerprint density at radius 2 is 1.89 bits per heavy atom. The molecule has 0 saturated heterocycles. The second kappa shape index (κ2) is 5.41. The van der Waals surface area contributed by atoms with Crippen LogP contribution in [0.15, 0.2) is 0 Å². The molecule has 0 N–H and O–H groups in total. The number of Topliss-reactive ketones (excluding diaryl/α,β-unsaturated/α-hetero) is 1. The van der Waals surface area contributed by atoms with Crippen LogP contribution in [0.2, 0.25) is 0 Å². The predicted molar refractivity (Wildman–Crippen MR) is 71.2 cm³/mol. The molecule has 2 unspecified atom stereocenters. The van der Waals surface area contributed by atoms with Gasteiger partial charge >= 0.3 is 5.97 Å². The van der Waals surface area contributed by atoms with Crippen molar-refractivity contribution in [2.75, 3.05) is 0 Å². The number of hydrogen-bond donors (Lipinski definition) is 0. The van der Waals surface area contributed by atoms with Gasteiger partial charge in [-0.3, -0.25) is 9.59 Å². The van der Waals surface area contributed by atoms with Gasteiger partial charge in [-0.2, -0.15) is 0 Å². The molecule has 0 heterocycles. The maximum Gasteiger partial charge on any atom is 0.312 e. The largest absolute Gasteiger partial charge is 0.459 e. The van der Waals surface area contributed by atoms with Crippen molar-refractivity contribution in [3.8, 4) is 0 Å². The van der Waals surface area contributed by atoms with E-state index in [1.54, 1.807) is 0 Å². The third-order valence-electron chi connectivity index (χ3n) is 4.57. The minimum atomic E-state index is -0.490. The topological polar surface area (TPSA) is 43.4 Å². The molecule has 0 aliphatic heterocycles. The van der Waals surface area contributed by atoms with Gasteiger partial charge in [0.05, 0.1) is 5.41 Å². The molecule has 18 heavy (non-hydrogen) atoms. The summed E-state index contributed by atoms with van der Waals surface area (Å²) < 4.78 is 5.78. The minimum absolute atomic E-state index is 0.145. The fourth-order valence-electron chi connectivity index (χ4n) is 2.27. The van der Waals surface area contributed by atoms with E-state index in [0.717, 1.165) is 19.3 Å². The molecule has 0 bridgehead atoms. The molecule has 1 fully saturated rings. The first-order valence-electron chi connectivity index (χ1n) is 7.00. The molecule has 0 amide bonds.